The van der Waals surface area contributed by atoms with E-state index in [9.17, 15) is 9.59 Å². The maximum atomic E-state index is 11.9. The van der Waals surface area contributed by atoms with E-state index in [-0.39, 0.29) is 17.6 Å². The summed E-state index contributed by atoms with van der Waals surface area (Å²) in [5, 5.41) is 0. The number of hydrogen-bond donors (Lipinski definition) is 0. The number of rotatable bonds is 6. The minimum absolute atomic E-state index is 0.121. The molecule has 1 saturated carbocycles. The van der Waals surface area contributed by atoms with Crippen LogP contribution in [0.5, 0.6) is 0 Å². The van der Waals surface area contributed by atoms with Crippen molar-refractivity contribution in [3.8, 4) is 0 Å². The maximum absolute atomic E-state index is 11.9. The molecule has 1 aliphatic rings. The molecule has 0 saturated heterocycles. The molecule has 4 nitrogen and oxygen atoms in total. The summed E-state index contributed by atoms with van der Waals surface area (Å²) in [6, 6.07) is 0.398. The Hall–Kier alpha value is -0.710. The van der Waals surface area contributed by atoms with Crippen molar-refractivity contribution < 1.29 is 14.3 Å². The largest absolute Gasteiger partial charge is 0.465 e. The van der Waals surface area contributed by atoms with E-state index in [1.165, 1.54) is 31.0 Å². The number of nitrogens with zero attached hydrogens (tertiary/aromatic N) is 1. The van der Waals surface area contributed by atoms with Gasteiger partial charge in [0.1, 0.15) is 0 Å². The Morgan fingerprint density at radius 3 is 2.50 bits per heavy atom. The number of hydrogen-bond acceptors (Lipinski definition) is 4. The van der Waals surface area contributed by atoms with Gasteiger partial charge < -0.3 is 9.64 Å². The zero-order chi connectivity index (χ0) is 13.4. The highest BCUT2D eigenvalue weighted by molar-refractivity contribution is 8.00. The van der Waals surface area contributed by atoms with Crippen molar-refractivity contribution in [3.05, 3.63) is 0 Å². The molecule has 5 heteroatoms. The van der Waals surface area contributed by atoms with E-state index >= 15 is 0 Å². The zero-order valence-corrected chi connectivity index (χ0v) is 12.1. The lowest BCUT2D eigenvalue weighted by Gasteiger charge is -2.31. The SMILES string of the molecule is CCOC(=O)CSCC(=O)N(C)C1CCCCC1. The lowest BCUT2D eigenvalue weighted by Crippen LogP contribution is -2.39. The summed E-state index contributed by atoms with van der Waals surface area (Å²) < 4.78 is 4.82. The summed E-state index contributed by atoms with van der Waals surface area (Å²) in [6.07, 6.45) is 5.96. The third kappa shape index (κ3) is 5.29. The Kier molecular flexibility index (Phi) is 7.16. The third-order valence-electron chi connectivity index (χ3n) is 3.27. The zero-order valence-electron chi connectivity index (χ0n) is 11.3. The van der Waals surface area contributed by atoms with Crippen LogP contribution < -0.4 is 0 Å². The molecule has 0 unspecified atom stereocenters. The van der Waals surface area contributed by atoms with E-state index in [2.05, 4.69) is 0 Å². The van der Waals surface area contributed by atoms with Gasteiger partial charge >= 0.3 is 5.97 Å². The predicted octanol–water partition coefficient (Wildman–Crippen LogP) is 2.07. The smallest absolute Gasteiger partial charge is 0.315 e. The van der Waals surface area contributed by atoms with Gasteiger partial charge in [0.25, 0.3) is 0 Å². The fourth-order valence-corrected chi connectivity index (χ4v) is 2.93. The van der Waals surface area contributed by atoms with Gasteiger partial charge in [0.2, 0.25) is 5.91 Å². The second kappa shape index (κ2) is 8.40. The molecule has 0 radical (unpaired) electrons. The molecule has 0 aromatic heterocycles. The van der Waals surface area contributed by atoms with Crippen LogP contribution in [-0.2, 0) is 14.3 Å². The highest BCUT2D eigenvalue weighted by Crippen LogP contribution is 2.22. The van der Waals surface area contributed by atoms with Gasteiger partial charge in [0.05, 0.1) is 18.1 Å². The van der Waals surface area contributed by atoms with Crippen molar-refractivity contribution in [1.29, 1.82) is 0 Å². The van der Waals surface area contributed by atoms with Gasteiger partial charge in [-0.2, -0.15) is 0 Å². The summed E-state index contributed by atoms with van der Waals surface area (Å²) >= 11 is 1.34. The van der Waals surface area contributed by atoms with E-state index in [4.69, 9.17) is 4.74 Å². The van der Waals surface area contributed by atoms with Crippen LogP contribution in [0.1, 0.15) is 39.0 Å². The van der Waals surface area contributed by atoms with E-state index < -0.39 is 0 Å². The number of ether oxygens (including phenoxy) is 1. The van der Waals surface area contributed by atoms with Crippen LogP contribution in [0.2, 0.25) is 0 Å². The van der Waals surface area contributed by atoms with Gasteiger partial charge in [-0.05, 0) is 19.8 Å². The second-order valence-corrected chi connectivity index (χ2v) is 5.58. The molecule has 0 N–H and O–H groups in total. The van der Waals surface area contributed by atoms with Gasteiger partial charge in [0.15, 0.2) is 0 Å². The molecule has 1 rings (SSSR count). The van der Waals surface area contributed by atoms with Crippen LogP contribution in [0.3, 0.4) is 0 Å². The highest BCUT2D eigenvalue weighted by Gasteiger charge is 2.21. The predicted molar refractivity (Wildman–Crippen MR) is 73.6 cm³/mol. The average Bonchev–Trinajstić information content (AvgIpc) is 2.39. The van der Waals surface area contributed by atoms with Crippen molar-refractivity contribution in [3.63, 3.8) is 0 Å². The van der Waals surface area contributed by atoms with Crippen LogP contribution in [0.25, 0.3) is 0 Å². The Balaban J connectivity index is 2.20. The van der Waals surface area contributed by atoms with E-state index in [0.717, 1.165) is 12.8 Å². The van der Waals surface area contributed by atoms with Gasteiger partial charge in [-0.3, -0.25) is 9.59 Å². The molecule has 0 aromatic rings. The van der Waals surface area contributed by atoms with Gasteiger partial charge in [0, 0.05) is 13.1 Å². The second-order valence-electron chi connectivity index (χ2n) is 4.59. The molecule has 104 valence electrons. The molecule has 0 atom stereocenters. The first-order valence-corrected chi connectivity index (χ1v) is 7.79. The lowest BCUT2D eigenvalue weighted by molar-refractivity contribution is -0.139. The summed E-state index contributed by atoms with van der Waals surface area (Å²) in [4.78, 5) is 24.9. The van der Waals surface area contributed by atoms with Crippen molar-refractivity contribution in [2.24, 2.45) is 0 Å². The normalized spacial score (nSPS) is 16.3. The minimum atomic E-state index is -0.240. The van der Waals surface area contributed by atoms with E-state index in [0.29, 0.717) is 18.4 Å². The van der Waals surface area contributed by atoms with Gasteiger partial charge in [-0.1, -0.05) is 19.3 Å². The molecule has 1 aliphatic carbocycles. The Morgan fingerprint density at radius 2 is 1.89 bits per heavy atom. The van der Waals surface area contributed by atoms with E-state index in [1.807, 2.05) is 11.9 Å². The molecule has 0 bridgehead atoms. The summed E-state index contributed by atoms with van der Waals surface area (Å²) in [7, 11) is 1.88. The molecular formula is C13H23NO3S. The molecule has 0 aromatic carbocycles. The third-order valence-corrected chi connectivity index (χ3v) is 4.16. The first kappa shape index (κ1) is 15.3. The number of esters is 1. The monoisotopic (exact) mass is 273 g/mol. The number of carbonyl (C=O) groups is 2. The Labute approximate surface area is 113 Å². The fraction of sp³-hybridized carbons (Fsp3) is 0.846. The molecule has 0 spiro atoms. The fourth-order valence-electron chi connectivity index (χ4n) is 2.20. The number of amides is 1. The van der Waals surface area contributed by atoms with Crippen LogP contribution in [0.4, 0.5) is 0 Å². The molecular weight excluding hydrogens is 250 g/mol. The van der Waals surface area contributed by atoms with Crippen molar-refractivity contribution in [2.75, 3.05) is 25.2 Å². The van der Waals surface area contributed by atoms with Gasteiger partial charge in [-0.25, -0.2) is 0 Å². The maximum Gasteiger partial charge on any atom is 0.315 e. The summed E-state index contributed by atoms with van der Waals surface area (Å²) in [5.41, 5.74) is 0. The van der Waals surface area contributed by atoms with Crippen molar-refractivity contribution in [1.82, 2.24) is 4.90 Å². The molecule has 1 amide bonds. The summed E-state index contributed by atoms with van der Waals surface area (Å²) in [5.74, 6) is 0.510. The van der Waals surface area contributed by atoms with Crippen molar-refractivity contribution in [2.45, 2.75) is 45.1 Å². The number of thioether (sulfide) groups is 1. The first-order valence-electron chi connectivity index (χ1n) is 6.64. The first-order chi connectivity index (χ1) is 8.65. The quantitative estimate of drug-likeness (QED) is 0.695. The van der Waals surface area contributed by atoms with Crippen LogP contribution >= 0.6 is 11.8 Å². The van der Waals surface area contributed by atoms with Crippen LogP contribution in [0, 0.1) is 0 Å². The molecule has 1 fully saturated rings. The summed E-state index contributed by atoms with van der Waals surface area (Å²) in [6.45, 7) is 2.18. The minimum Gasteiger partial charge on any atom is -0.465 e. The van der Waals surface area contributed by atoms with Crippen LogP contribution in [0.15, 0.2) is 0 Å². The standard InChI is InChI=1S/C13H23NO3S/c1-3-17-13(16)10-18-9-12(15)14(2)11-7-5-4-6-8-11/h11H,3-10H2,1-2H3. The van der Waals surface area contributed by atoms with E-state index in [1.54, 1.807) is 6.92 Å². The molecule has 18 heavy (non-hydrogen) atoms. The Bertz CT molecular complexity index is 277. The average molecular weight is 273 g/mol. The topological polar surface area (TPSA) is 46.6 Å². The van der Waals surface area contributed by atoms with Gasteiger partial charge in [-0.15, -0.1) is 11.8 Å². The Morgan fingerprint density at radius 1 is 1.22 bits per heavy atom. The number of carbonyl (C=O) groups excluding carboxylic acids is 2. The molecule has 0 aliphatic heterocycles. The molecule has 0 heterocycles. The van der Waals surface area contributed by atoms with Crippen LogP contribution in [-0.4, -0.2) is 48.0 Å². The highest BCUT2D eigenvalue weighted by atomic mass is 32.2. The van der Waals surface area contributed by atoms with Crippen molar-refractivity contribution >= 4 is 23.6 Å². The lowest BCUT2D eigenvalue weighted by atomic mass is 9.94.